The van der Waals surface area contributed by atoms with Crippen LogP contribution in [0.4, 0.5) is 0 Å². The van der Waals surface area contributed by atoms with Crippen LogP contribution < -0.4 is 5.73 Å². The number of ether oxygens (including phenoxy) is 1. The summed E-state index contributed by atoms with van der Waals surface area (Å²) in [5, 5.41) is 10.2. The zero-order valence-corrected chi connectivity index (χ0v) is 17.7. The lowest BCUT2D eigenvalue weighted by atomic mass is 9.42. The van der Waals surface area contributed by atoms with Crippen LogP contribution in [0.2, 0.25) is 0 Å². The first-order valence-corrected chi connectivity index (χ1v) is 11.3. The van der Waals surface area contributed by atoms with Crippen LogP contribution in [0, 0.1) is 40.4 Å². The zero-order chi connectivity index (χ0) is 21.0. The average molecular weight is 406 g/mol. The van der Waals surface area contributed by atoms with Gasteiger partial charge in [0.2, 0.25) is 0 Å². The highest BCUT2D eigenvalue weighted by atomic mass is 16.5. The second kappa shape index (κ2) is 7.45. The standard InChI is InChI=1S/C23H35NO5/c1-22-8-5-13(29-19(27)7-10-24)11-17(22)14(12-25)21(28)20-15-3-4-18(26)23(15,2)9-6-16(20)22/h13-17,20,25H,3-12,24H2,1-2H3/t13?,14?,15-,16+,17?,20-,22+,23-/m0/s1. The monoisotopic (exact) mass is 405 g/mol. The summed E-state index contributed by atoms with van der Waals surface area (Å²) in [6, 6.07) is 0. The Balaban J connectivity index is 1.61. The van der Waals surface area contributed by atoms with Crippen molar-refractivity contribution >= 4 is 17.5 Å². The number of Topliss-reactive ketones (excluding diaryl/α,β-unsaturated/α-hetero) is 2. The molecule has 0 saturated heterocycles. The predicted octanol–water partition coefficient (Wildman–Crippen LogP) is 2.26. The number of fused-ring (bicyclic) bond motifs is 5. The second-order valence-electron chi connectivity index (χ2n) is 10.4. The van der Waals surface area contributed by atoms with Gasteiger partial charge < -0.3 is 15.6 Å². The lowest BCUT2D eigenvalue weighted by molar-refractivity contribution is -0.179. The Bertz CT molecular complexity index is 707. The molecule has 4 saturated carbocycles. The maximum absolute atomic E-state index is 13.6. The molecule has 8 atom stereocenters. The molecule has 0 amide bonds. The summed E-state index contributed by atoms with van der Waals surface area (Å²) < 4.78 is 5.63. The van der Waals surface area contributed by atoms with Gasteiger partial charge in [-0.1, -0.05) is 13.8 Å². The quantitative estimate of drug-likeness (QED) is 0.695. The molecule has 0 radical (unpaired) electrons. The SMILES string of the molecule is C[C@]12CCC(OC(=O)CCN)CC1C(CO)C(=O)[C@@H]1[C@H]2CC[C@]2(C)C(=O)CC[C@@H]12. The fraction of sp³-hybridized carbons (Fsp3) is 0.870. The lowest BCUT2D eigenvalue weighted by Gasteiger charge is -2.61. The number of esters is 1. The minimum Gasteiger partial charge on any atom is -0.462 e. The van der Waals surface area contributed by atoms with Crippen LogP contribution in [0.25, 0.3) is 0 Å². The summed E-state index contributed by atoms with van der Waals surface area (Å²) >= 11 is 0. The molecular weight excluding hydrogens is 370 g/mol. The first kappa shape index (κ1) is 21.0. The van der Waals surface area contributed by atoms with Gasteiger partial charge in [-0.15, -0.1) is 0 Å². The summed E-state index contributed by atoms with van der Waals surface area (Å²) in [7, 11) is 0. The van der Waals surface area contributed by atoms with E-state index >= 15 is 0 Å². The fourth-order valence-electron chi connectivity index (χ4n) is 7.59. The van der Waals surface area contributed by atoms with E-state index in [1.54, 1.807) is 0 Å². The van der Waals surface area contributed by atoms with Crippen LogP contribution in [0.3, 0.4) is 0 Å². The molecule has 0 bridgehead atoms. The molecule has 0 aliphatic heterocycles. The molecule has 162 valence electrons. The molecule has 6 nitrogen and oxygen atoms in total. The van der Waals surface area contributed by atoms with Crippen LogP contribution in [0.15, 0.2) is 0 Å². The zero-order valence-electron chi connectivity index (χ0n) is 17.7. The predicted molar refractivity (Wildman–Crippen MR) is 107 cm³/mol. The van der Waals surface area contributed by atoms with Gasteiger partial charge in [-0.05, 0) is 61.7 Å². The molecule has 0 heterocycles. The Morgan fingerprint density at radius 2 is 1.90 bits per heavy atom. The molecular formula is C23H35NO5. The van der Waals surface area contributed by atoms with Crippen molar-refractivity contribution < 1.29 is 24.2 Å². The number of carbonyl (C=O) groups excluding carboxylic acids is 3. The van der Waals surface area contributed by atoms with E-state index in [2.05, 4.69) is 13.8 Å². The molecule has 0 aromatic rings. The minimum absolute atomic E-state index is 0.0205. The first-order chi connectivity index (χ1) is 13.8. The molecule has 4 fully saturated rings. The second-order valence-corrected chi connectivity index (χ2v) is 10.4. The van der Waals surface area contributed by atoms with Gasteiger partial charge in [0.1, 0.15) is 17.7 Å². The molecule has 3 N–H and O–H groups in total. The molecule has 0 aromatic heterocycles. The van der Waals surface area contributed by atoms with E-state index in [0.717, 1.165) is 32.1 Å². The number of rotatable bonds is 4. The van der Waals surface area contributed by atoms with E-state index in [9.17, 15) is 19.5 Å². The van der Waals surface area contributed by atoms with Crippen LogP contribution in [0.5, 0.6) is 0 Å². The van der Waals surface area contributed by atoms with Gasteiger partial charge in [-0.25, -0.2) is 0 Å². The molecule has 6 heteroatoms. The molecule has 4 aliphatic rings. The fourth-order valence-corrected chi connectivity index (χ4v) is 7.59. The van der Waals surface area contributed by atoms with Gasteiger partial charge in [-0.3, -0.25) is 14.4 Å². The van der Waals surface area contributed by atoms with Crippen LogP contribution in [-0.2, 0) is 19.1 Å². The summed E-state index contributed by atoms with van der Waals surface area (Å²) in [5.41, 5.74) is 5.03. The highest BCUT2D eigenvalue weighted by molar-refractivity contribution is 5.91. The van der Waals surface area contributed by atoms with Gasteiger partial charge in [0.25, 0.3) is 0 Å². The Morgan fingerprint density at radius 1 is 1.14 bits per heavy atom. The third-order valence-corrected chi connectivity index (χ3v) is 9.22. The van der Waals surface area contributed by atoms with Crippen molar-refractivity contribution in [1.29, 1.82) is 0 Å². The number of aliphatic hydroxyl groups is 1. The van der Waals surface area contributed by atoms with Crippen molar-refractivity contribution in [3.63, 3.8) is 0 Å². The molecule has 0 aromatic carbocycles. The maximum atomic E-state index is 13.6. The highest BCUT2D eigenvalue weighted by Crippen LogP contribution is 2.65. The van der Waals surface area contributed by atoms with Gasteiger partial charge in [0, 0.05) is 30.2 Å². The van der Waals surface area contributed by atoms with Crippen molar-refractivity contribution in [2.45, 2.75) is 71.3 Å². The third-order valence-electron chi connectivity index (χ3n) is 9.22. The summed E-state index contributed by atoms with van der Waals surface area (Å²) in [5.74, 6) is 0.0502. The van der Waals surface area contributed by atoms with Gasteiger partial charge in [-0.2, -0.15) is 0 Å². The van der Waals surface area contributed by atoms with Crippen LogP contribution in [0.1, 0.15) is 65.2 Å². The van der Waals surface area contributed by atoms with Crippen LogP contribution >= 0.6 is 0 Å². The lowest BCUT2D eigenvalue weighted by Crippen LogP contribution is -2.61. The van der Waals surface area contributed by atoms with E-state index in [1.807, 2.05) is 0 Å². The number of nitrogens with two attached hydrogens (primary N) is 1. The summed E-state index contributed by atoms with van der Waals surface area (Å²) in [6.45, 7) is 4.45. The van der Waals surface area contributed by atoms with Crippen molar-refractivity contribution in [1.82, 2.24) is 0 Å². The van der Waals surface area contributed by atoms with E-state index < -0.39 is 5.92 Å². The Labute approximate surface area is 172 Å². The van der Waals surface area contributed by atoms with E-state index in [1.165, 1.54) is 0 Å². The molecule has 29 heavy (non-hydrogen) atoms. The van der Waals surface area contributed by atoms with Gasteiger partial charge in [0.05, 0.1) is 13.0 Å². The van der Waals surface area contributed by atoms with E-state index in [0.29, 0.717) is 18.6 Å². The van der Waals surface area contributed by atoms with Crippen molar-refractivity contribution in [2.24, 2.45) is 46.2 Å². The maximum Gasteiger partial charge on any atom is 0.307 e. The Hall–Kier alpha value is -1.27. The molecule has 4 rings (SSSR count). The highest BCUT2D eigenvalue weighted by Gasteiger charge is 2.65. The van der Waals surface area contributed by atoms with Gasteiger partial charge >= 0.3 is 5.97 Å². The smallest absolute Gasteiger partial charge is 0.307 e. The minimum atomic E-state index is -0.421. The Kier molecular flexibility index (Phi) is 5.39. The summed E-state index contributed by atoms with van der Waals surface area (Å²) in [4.78, 5) is 38.2. The number of aliphatic hydroxyl groups excluding tert-OH is 1. The van der Waals surface area contributed by atoms with Crippen molar-refractivity contribution in [3.05, 3.63) is 0 Å². The summed E-state index contributed by atoms with van der Waals surface area (Å²) in [6.07, 6.45) is 5.48. The molecule has 0 spiro atoms. The topological polar surface area (TPSA) is 107 Å². The molecule has 3 unspecified atom stereocenters. The normalized spacial score (nSPS) is 46.6. The first-order valence-electron chi connectivity index (χ1n) is 11.3. The number of carbonyl (C=O) groups is 3. The van der Waals surface area contributed by atoms with Crippen molar-refractivity contribution in [2.75, 3.05) is 13.2 Å². The number of hydrogen-bond donors (Lipinski definition) is 2. The van der Waals surface area contributed by atoms with Crippen LogP contribution in [-0.4, -0.2) is 41.9 Å². The van der Waals surface area contributed by atoms with Crippen molar-refractivity contribution in [3.8, 4) is 0 Å². The molecule has 4 aliphatic carbocycles. The number of hydrogen-bond acceptors (Lipinski definition) is 6. The van der Waals surface area contributed by atoms with Gasteiger partial charge in [0.15, 0.2) is 0 Å². The third kappa shape index (κ3) is 3.09. The van der Waals surface area contributed by atoms with E-state index in [-0.39, 0.29) is 71.9 Å². The number of ketones is 2. The Morgan fingerprint density at radius 3 is 2.59 bits per heavy atom. The largest absolute Gasteiger partial charge is 0.462 e. The average Bonchev–Trinajstić information content (AvgIpc) is 2.98. The van der Waals surface area contributed by atoms with E-state index in [4.69, 9.17) is 10.5 Å².